The number of thiocarbonyl (C=S) groups is 1. The number of carbonyl (C=O) groups excluding carboxylic acids is 1. The van der Waals surface area contributed by atoms with Crippen LogP contribution in [0.5, 0.6) is 5.75 Å². The van der Waals surface area contributed by atoms with Gasteiger partial charge in [0.2, 0.25) is 0 Å². The van der Waals surface area contributed by atoms with Gasteiger partial charge in [-0.1, -0.05) is 43.0 Å². The molecule has 1 amide bonds. The fraction of sp³-hybridized carbons (Fsp3) is 0.304. The van der Waals surface area contributed by atoms with Gasteiger partial charge in [-0.15, -0.1) is 0 Å². The van der Waals surface area contributed by atoms with E-state index in [4.69, 9.17) is 17.0 Å². The average Bonchev–Trinajstić information content (AvgIpc) is 3.03. The first-order valence-electron chi connectivity index (χ1n) is 10.1. The summed E-state index contributed by atoms with van der Waals surface area (Å²) in [6.45, 7) is 4.59. The molecular formula is C23H24N4O3S2. The molecule has 0 aliphatic carbocycles. The zero-order valence-corrected chi connectivity index (χ0v) is 20.0. The van der Waals surface area contributed by atoms with Crippen LogP contribution in [-0.4, -0.2) is 33.9 Å². The molecule has 1 fully saturated rings. The van der Waals surface area contributed by atoms with Gasteiger partial charge in [-0.25, -0.2) is 0 Å². The Labute approximate surface area is 196 Å². The van der Waals surface area contributed by atoms with Gasteiger partial charge in [-0.05, 0) is 42.7 Å². The van der Waals surface area contributed by atoms with Crippen molar-refractivity contribution < 1.29 is 9.53 Å². The predicted molar refractivity (Wildman–Crippen MR) is 132 cm³/mol. The monoisotopic (exact) mass is 468 g/mol. The Balaban J connectivity index is 2.13. The highest BCUT2D eigenvalue weighted by Gasteiger charge is 2.30. The van der Waals surface area contributed by atoms with Crippen molar-refractivity contribution in [2.24, 2.45) is 0 Å². The second-order valence-electron chi connectivity index (χ2n) is 7.27. The highest BCUT2D eigenvalue weighted by atomic mass is 32.2. The molecule has 2 aromatic rings. The van der Waals surface area contributed by atoms with E-state index in [1.54, 1.807) is 31.7 Å². The predicted octanol–water partition coefficient (Wildman–Crippen LogP) is 3.89. The number of amides is 1. The van der Waals surface area contributed by atoms with Gasteiger partial charge in [0.25, 0.3) is 11.5 Å². The molecule has 1 aliphatic rings. The molecule has 0 atom stereocenters. The molecule has 0 saturated carbocycles. The highest BCUT2D eigenvalue weighted by Crippen LogP contribution is 2.34. The van der Waals surface area contributed by atoms with Gasteiger partial charge in [0, 0.05) is 25.7 Å². The van der Waals surface area contributed by atoms with Crippen molar-refractivity contribution >= 4 is 46.1 Å². The number of nitriles is 1. The summed E-state index contributed by atoms with van der Waals surface area (Å²) in [7, 11) is 3.24. The molecule has 1 N–H and O–H groups in total. The lowest BCUT2D eigenvalue weighted by molar-refractivity contribution is -0.121. The maximum atomic E-state index is 13.0. The van der Waals surface area contributed by atoms with Gasteiger partial charge in [0.15, 0.2) is 0 Å². The number of nitrogens with zero attached hydrogens (tertiary/aromatic N) is 3. The minimum atomic E-state index is -0.343. The van der Waals surface area contributed by atoms with Crippen LogP contribution in [0.4, 0.5) is 5.82 Å². The molecule has 0 bridgehead atoms. The molecular weight excluding hydrogens is 444 g/mol. The summed E-state index contributed by atoms with van der Waals surface area (Å²) in [4.78, 5) is 27.5. The highest BCUT2D eigenvalue weighted by molar-refractivity contribution is 8.26. The Morgan fingerprint density at radius 3 is 2.50 bits per heavy atom. The van der Waals surface area contributed by atoms with Crippen LogP contribution in [0.15, 0.2) is 34.0 Å². The van der Waals surface area contributed by atoms with Gasteiger partial charge >= 0.3 is 0 Å². The summed E-state index contributed by atoms with van der Waals surface area (Å²) in [5, 5.41) is 13.0. The molecule has 9 heteroatoms. The molecule has 1 aliphatic heterocycles. The van der Waals surface area contributed by atoms with Crippen LogP contribution in [-0.2, 0) is 17.9 Å². The summed E-state index contributed by atoms with van der Waals surface area (Å²) in [6, 6.07) is 9.65. The van der Waals surface area contributed by atoms with Gasteiger partial charge in [-0.2, -0.15) is 5.26 Å². The van der Waals surface area contributed by atoms with Gasteiger partial charge in [-0.3, -0.25) is 19.1 Å². The first-order valence-corrected chi connectivity index (χ1v) is 11.3. The quantitative estimate of drug-likeness (QED) is 0.487. The number of likely N-dealkylation sites (N-methyl/N-ethyl adjacent to an activating group) is 1. The summed E-state index contributed by atoms with van der Waals surface area (Å²) in [5.74, 6) is 1.13. The third-order valence-corrected chi connectivity index (χ3v) is 6.69. The second-order valence-corrected chi connectivity index (χ2v) is 8.95. The minimum Gasteiger partial charge on any atom is -0.497 e. The van der Waals surface area contributed by atoms with E-state index >= 15 is 0 Å². The maximum Gasteiger partial charge on any atom is 0.270 e. The first-order chi connectivity index (χ1) is 15.3. The number of hydrogen-bond donors (Lipinski definition) is 1. The number of nitrogens with one attached hydrogen (secondary N) is 1. The fourth-order valence-electron chi connectivity index (χ4n) is 3.40. The Morgan fingerprint density at radius 1 is 1.28 bits per heavy atom. The zero-order chi connectivity index (χ0) is 23.4. The van der Waals surface area contributed by atoms with Crippen molar-refractivity contribution in [3.05, 3.63) is 61.8 Å². The number of benzene rings is 1. The van der Waals surface area contributed by atoms with E-state index in [1.165, 1.54) is 16.7 Å². The molecule has 0 unspecified atom stereocenters. The number of ether oxygens (including phenoxy) is 1. The van der Waals surface area contributed by atoms with Crippen molar-refractivity contribution in [2.45, 2.75) is 33.4 Å². The number of carbonyl (C=O) groups is 1. The third kappa shape index (κ3) is 4.56. The number of anilines is 1. The molecule has 32 heavy (non-hydrogen) atoms. The second kappa shape index (κ2) is 10.0. The van der Waals surface area contributed by atoms with Crippen molar-refractivity contribution in [1.29, 1.82) is 5.26 Å². The molecule has 3 rings (SSSR count). The Morgan fingerprint density at radius 2 is 1.97 bits per heavy atom. The van der Waals surface area contributed by atoms with E-state index < -0.39 is 0 Å². The smallest absolute Gasteiger partial charge is 0.270 e. The van der Waals surface area contributed by atoms with E-state index in [0.29, 0.717) is 45.7 Å². The molecule has 1 aromatic carbocycles. The van der Waals surface area contributed by atoms with Crippen molar-refractivity contribution in [3.63, 3.8) is 0 Å². The summed E-state index contributed by atoms with van der Waals surface area (Å²) >= 11 is 6.45. The standard InChI is InChI=1S/C23H24N4O3S2/c1-5-10-27-20(25-13-15-6-8-16(30-4)9-7-15)17(14(2)18(12-24)21(27)28)11-19-22(29)26(3)23(31)32-19/h6-9,11,25H,5,10,13H2,1-4H3/b19-11+. The van der Waals surface area contributed by atoms with Crippen molar-refractivity contribution in [1.82, 2.24) is 9.47 Å². The van der Waals surface area contributed by atoms with Gasteiger partial charge in [0.05, 0.1) is 12.0 Å². The van der Waals surface area contributed by atoms with Crippen LogP contribution < -0.4 is 15.6 Å². The minimum absolute atomic E-state index is 0.0756. The average molecular weight is 469 g/mol. The van der Waals surface area contributed by atoms with E-state index in [0.717, 1.165) is 11.3 Å². The van der Waals surface area contributed by atoms with Crippen LogP contribution >= 0.6 is 24.0 Å². The number of hydrogen-bond acceptors (Lipinski definition) is 7. The molecule has 166 valence electrons. The van der Waals surface area contributed by atoms with Crippen LogP contribution in [0.3, 0.4) is 0 Å². The lowest BCUT2D eigenvalue weighted by Crippen LogP contribution is -2.28. The van der Waals surface area contributed by atoms with Crippen LogP contribution in [0, 0.1) is 18.3 Å². The summed E-state index contributed by atoms with van der Waals surface area (Å²) in [5.41, 5.74) is 1.89. The van der Waals surface area contributed by atoms with Crippen LogP contribution in [0.1, 0.15) is 35.6 Å². The van der Waals surface area contributed by atoms with Crippen LogP contribution in [0.2, 0.25) is 0 Å². The number of methoxy groups -OCH3 is 1. The largest absolute Gasteiger partial charge is 0.497 e. The number of aromatic nitrogens is 1. The molecule has 7 nitrogen and oxygen atoms in total. The number of thioether (sulfide) groups is 1. The Hall–Kier alpha value is -3.09. The summed E-state index contributed by atoms with van der Waals surface area (Å²) in [6.07, 6.45) is 2.43. The van der Waals surface area contributed by atoms with E-state index in [9.17, 15) is 14.9 Å². The third-order valence-electron chi connectivity index (χ3n) is 5.20. The van der Waals surface area contributed by atoms with E-state index in [-0.39, 0.29) is 17.0 Å². The van der Waals surface area contributed by atoms with E-state index in [2.05, 4.69) is 5.32 Å². The van der Waals surface area contributed by atoms with Crippen molar-refractivity contribution in [2.75, 3.05) is 19.5 Å². The van der Waals surface area contributed by atoms with Crippen molar-refractivity contribution in [3.8, 4) is 11.8 Å². The van der Waals surface area contributed by atoms with E-state index in [1.807, 2.05) is 37.3 Å². The maximum absolute atomic E-state index is 13.0. The topological polar surface area (TPSA) is 87.4 Å². The molecule has 2 heterocycles. The summed E-state index contributed by atoms with van der Waals surface area (Å²) < 4.78 is 7.25. The molecule has 1 saturated heterocycles. The Bertz CT molecular complexity index is 1190. The van der Waals surface area contributed by atoms with Gasteiger partial charge in [0.1, 0.15) is 27.5 Å². The number of rotatable bonds is 7. The normalized spacial score (nSPS) is 14.7. The molecule has 0 radical (unpaired) electrons. The zero-order valence-electron chi connectivity index (χ0n) is 18.4. The molecule has 0 spiro atoms. The molecule has 1 aromatic heterocycles. The van der Waals surface area contributed by atoms with Crippen LogP contribution in [0.25, 0.3) is 6.08 Å². The first kappa shape index (κ1) is 23.6. The SMILES string of the molecule is CCCn1c(NCc2ccc(OC)cc2)c(/C=C2/SC(=S)N(C)C2=O)c(C)c(C#N)c1=O. The Kier molecular flexibility index (Phi) is 7.38. The lowest BCUT2D eigenvalue weighted by Gasteiger charge is -2.20. The lowest BCUT2D eigenvalue weighted by atomic mass is 10.0. The fourth-order valence-corrected chi connectivity index (χ4v) is 4.56. The number of pyridine rings is 1. The van der Waals surface area contributed by atoms with Gasteiger partial charge < -0.3 is 10.1 Å².